The summed E-state index contributed by atoms with van der Waals surface area (Å²) in [7, 11) is 0. The third kappa shape index (κ3) is 4.84. The fourth-order valence-electron chi connectivity index (χ4n) is 4.57. The Hall–Kier alpha value is -4.91. The number of alkyl halides is 3. The van der Waals surface area contributed by atoms with Crippen molar-refractivity contribution in [3.63, 3.8) is 0 Å². The van der Waals surface area contributed by atoms with Gasteiger partial charge in [-0.15, -0.1) is 0 Å². The maximum atomic E-state index is 14.2. The number of amides is 2. The molecule has 1 aliphatic heterocycles. The Morgan fingerprint density at radius 1 is 1.07 bits per heavy atom. The molecule has 0 radical (unpaired) electrons. The largest absolute Gasteiger partial charge is 0.416 e. The summed E-state index contributed by atoms with van der Waals surface area (Å²) in [4.78, 5) is 34.5. The molecule has 206 valence electrons. The maximum Gasteiger partial charge on any atom is 0.416 e. The summed E-state index contributed by atoms with van der Waals surface area (Å²) in [5, 5.41) is 9.17. The highest BCUT2D eigenvalue weighted by Gasteiger charge is 2.36. The van der Waals surface area contributed by atoms with E-state index < -0.39 is 46.8 Å². The molecule has 41 heavy (non-hydrogen) atoms. The first-order valence-electron chi connectivity index (χ1n) is 12.2. The Labute approximate surface area is 233 Å². The van der Waals surface area contributed by atoms with E-state index in [1.807, 2.05) is 0 Å². The number of hydrogen-bond donors (Lipinski definition) is 2. The van der Waals surface area contributed by atoms with Crippen LogP contribution in [0.4, 0.5) is 27.6 Å². The predicted octanol–water partition coefficient (Wildman–Crippen LogP) is 5.83. The third-order valence-corrected chi connectivity index (χ3v) is 6.75. The normalized spacial score (nSPS) is 15.0. The van der Waals surface area contributed by atoms with Gasteiger partial charge in [-0.05, 0) is 48.5 Å². The van der Waals surface area contributed by atoms with Crippen LogP contribution in [0.25, 0.3) is 16.9 Å². The molecule has 0 saturated heterocycles. The molecular formula is C27H14ClF5N6O2. The van der Waals surface area contributed by atoms with Crippen molar-refractivity contribution in [2.75, 3.05) is 5.32 Å². The number of carbonyl (C=O) groups is 2. The van der Waals surface area contributed by atoms with Crippen molar-refractivity contribution in [2.45, 2.75) is 12.2 Å². The number of anilines is 1. The second-order valence-corrected chi connectivity index (χ2v) is 9.43. The third-order valence-electron chi connectivity index (χ3n) is 6.40. The Kier molecular flexibility index (Phi) is 5.89. The molecule has 2 N–H and O–H groups in total. The van der Waals surface area contributed by atoms with Crippen molar-refractivity contribution >= 4 is 34.7 Å². The van der Waals surface area contributed by atoms with Crippen LogP contribution in [-0.2, 0) is 6.18 Å². The second-order valence-electron chi connectivity index (χ2n) is 9.02. The number of nitrogens with zero attached hydrogens (tertiary/aromatic N) is 4. The van der Waals surface area contributed by atoms with Crippen LogP contribution >= 0.6 is 11.6 Å². The van der Waals surface area contributed by atoms with E-state index in [9.17, 15) is 31.5 Å². The minimum atomic E-state index is -4.92. The lowest BCUT2D eigenvalue weighted by Crippen LogP contribution is -2.21. The lowest BCUT2D eigenvalue weighted by atomic mass is 9.93. The van der Waals surface area contributed by atoms with Gasteiger partial charge in [-0.1, -0.05) is 11.6 Å². The van der Waals surface area contributed by atoms with Crippen LogP contribution in [0.2, 0.25) is 5.02 Å². The number of rotatable bonds is 4. The Morgan fingerprint density at radius 3 is 2.66 bits per heavy atom. The van der Waals surface area contributed by atoms with Gasteiger partial charge in [-0.25, -0.2) is 18.3 Å². The van der Waals surface area contributed by atoms with Gasteiger partial charge in [-0.3, -0.25) is 14.6 Å². The first-order valence-corrected chi connectivity index (χ1v) is 12.1. The second kappa shape index (κ2) is 9.63. The van der Waals surface area contributed by atoms with Crippen LogP contribution in [-0.4, -0.2) is 31.4 Å². The highest BCUT2D eigenvalue weighted by atomic mass is 35.5. The van der Waals surface area contributed by atoms with Crippen LogP contribution in [0.5, 0.6) is 0 Å². The number of nitrogens with one attached hydrogen (secondary N) is 2. The van der Waals surface area contributed by atoms with Crippen molar-refractivity contribution < 1.29 is 32.9 Å². The van der Waals surface area contributed by atoms with Crippen molar-refractivity contribution in [3.8, 4) is 11.3 Å². The van der Waals surface area contributed by atoms with Gasteiger partial charge in [0, 0.05) is 38.5 Å². The first-order chi connectivity index (χ1) is 19.9. The molecule has 5 aromatic rings. The van der Waals surface area contributed by atoms with Gasteiger partial charge >= 0.3 is 6.18 Å². The SMILES string of the molecule is [2H]c1nc2cnc(-c3cc(NC(=O)c4cc(F)cc(C(F)(F)F)c4)c4c(c3)C(=O)N[C@@H]4c3cc(F)ccc3Cl)cn2n1. The fourth-order valence-corrected chi connectivity index (χ4v) is 4.79. The highest BCUT2D eigenvalue weighted by molar-refractivity contribution is 6.31. The number of halogens is 6. The highest BCUT2D eigenvalue weighted by Crippen LogP contribution is 2.42. The Balaban J connectivity index is 1.51. The van der Waals surface area contributed by atoms with E-state index in [0.29, 0.717) is 12.1 Å². The number of fused-ring (bicyclic) bond motifs is 2. The Morgan fingerprint density at radius 2 is 1.88 bits per heavy atom. The van der Waals surface area contributed by atoms with Crippen LogP contribution in [0, 0.1) is 11.6 Å². The molecule has 0 unspecified atom stereocenters. The van der Waals surface area contributed by atoms with Crippen LogP contribution in [0.3, 0.4) is 0 Å². The molecule has 14 heteroatoms. The number of benzene rings is 3. The fraction of sp³-hybridized carbons (Fsp3) is 0.0741. The van der Waals surface area contributed by atoms with E-state index >= 15 is 0 Å². The lowest BCUT2D eigenvalue weighted by molar-refractivity contribution is -0.137. The molecule has 0 saturated carbocycles. The Bertz CT molecular complexity index is 1950. The molecule has 3 aromatic carbocycles. The number of aromatic nitrogens is 4. The van der Waals surface area contributed by atoms with Gasteiger partial charge in [0.2, 0.25) is 0 Å². The van der Waals surface area contributed by atoms with E-state index in [1.165, 1.54) is 35.1 Å². The van der Waals surface area contributed by atoms with Gasteiger partial charge in [0.25, 0.3) is 11.8 Å². The molecule has 1 aliphatic rings. The minimum Gasteiger partial charge on any atom is -0.341 e. The summed E-state index contributed by atoms with van der Waals surface area (Å²) in [6.45, 7) is 0. The average Bonchev–Trinajstić information content (AvgIpc) is 3.47. The van der Waals surface area contributed by atoms with E-state index in [0.717, 1.165) is 12.1 Å². The van der Waals surface area contributed by atoms with Gasteiger partial charge < -0.3 is 10.6 Å². The van der Waals surface area contributed by atoms with Crippen LogP contribution in [0.1, 0.15) is 44.8 Å². The van der Waals surface area contributed by atoms with Gasteiger partial charge in [0.15, 0.2) is 5.65 Å². The molecule has 0 spiro atoms. The topological polar surface area (TPSA) is 101 Å². The standard InChI is InChI=1S/C27H14ClF5N6O2/c28-19-2-1-15(29)8-17(19)24-23-18(26(41)38-24)5-12(21-10-39-22(9-34-21)35-11-36-39)6-20(23)37-25(40)13-3-14(27(31,32)33)7-16(30)4-13/h1-11,24H,(H,37,40)(H,38,41)/t24-/m1/s1/i11D. The van der Waals surface area contributed by atoms with E-state index in [1.54, 1.807) is 0 Å². The molecule has 0 aliphatic carbocycles. The quantitative estimate of drug-likeness (QED) is 0.259. The molecule has 0 fully saturated rings. The van der Waals surface area contributed by atoms with Crippen molar-refractivity contribution in [1.29, 1.82) is 0 Å². The predicted molar refractivity (Wildman–Crippen MR) is 136 cm³/mol. The first kappa shape index (κ1) is 25.1. The van der Waals surface area contributed by atoms with Gasteiger partial charge in [-0.2, -0.15) is 18.3 Å². The van der Waals surface area contributed by atoms with E-state index in [2.05, 4.69) is 25.7 Å². The smallest absolute Gasteiger partial charge is 0.341 e. The van der Waals surface area contributed by atoms with Crippen molar-refractivity contribution in [2.24, 2.45) is 0 Å². The minimum absolute atomic E-state index is 0.0324. The van der Waals surface area contributed by atoms with Gasteiger partial charge in [0.05, 0.1) is 29.7 Å². The van der Waals surface area contributed by atoms with Crippen LogP contribution < -0.4 is 10.6 Å². The molecular weight excluding hydrogens is 571 g/mol. The average molecular weight is 586 g/mol. The summed E-state index contributed by atoms with van der Waals surface area (Å²) in [5.41, 5.74) is -0.963. The lowest BCUT2D eigenvalue weighted by Gasteiger charge is -2.19. The molecule has 8 nitrogen and oxygen atoms in total. The van der Waals surface area contributed by atoms with Crippen molar-refractivity contribution in [1.82, 2.24) is 24.9 Å². The van der Waals surface area contributed by atoms with Crippen molar-refractivity contribution in [3.05, 3.63) is 112 Å². The van der Waals surface area contributed by atoms with E-state index in [4.69, 9.17) is 13.0 Å². The molecule has 3 heterocycles. The summed E-state index contributed by atoms with van der Waals surface area (Å²) < 4.78 is 77.1. The van der Waals surface area contributed by atoms with E-state index in [-0.39, 0.29) is 56.7 Å². The zero-order valence-electron chi connectivity index (χ0n) is 21.2. The maximum absolute atomic E-state index is 14.2. The molecule has 1 atom stereocenters. The molecule has 2 aromatic heterocycles. The zero-order valence-corrected chi connectivity index (χ0v) is 21.0. The van der Waals surface area contributed by atoms with Crippen LogP contribution in [0.15, 0.2) is 67.2 Å². The number of hydrogen-bond acceptors (Lipinski definition) is 5. The molecule has 6 rings (SSSR count). The number of carbonyl (C=O) groups excluding carboxylic acids is 2. The summed E-state index contributed by atoms with van der Waals surface area (Å²) in [6.07, 6.45) is -2.44. The summed E-state index contributed by atoms with van der Waals surface area (Å²) in [5.74, 6) is -3.67. The van der Waals surface area contributed by atoms with Gasteiger partial charge in [0.1, 0.15) is 19.3 Å². The molecule has 0 bridgehead atoms. The monoisotopic (exact) mass is 585 g/mol. The zero-order chi connectivity index (χ0) is 29.9. The summed E-state index contributed by atoms with van der Waals surface area (Å²) in [6, 6.07) is 6.67. The molecule has 2 amide bonds. The summed E-state index contributed by atoms with van der Waals surface area (Å²) >= 11 is 6.31.